The Labute approximate surface area is 102 Å². The highest BCUT2D eigenvalue weighted by Crippen LogP contribution is 2.21. The smallest absolute Gasteiger partial charge is 0.297 e. The molecule has 1 aliphatic heterocycles. The predicted molar refractivity (Wildman–Crippen MR) is 58.7 cm³/mol. The fourth-order valence-electron chi connectivity index (χ4n) is 1.82. The first-order valence-electron chi connectivity index (χ1n) is 5.60. The van der Waals surface area contributed by atoms with Crippen LogP contribution in [-0.4, -0.2) is 27.7 Å². The Hall–Kier alpha value is -2.22. The van der Waals surface area contributed by atoms with E-state index in [1.807, 2.05) is 0 Å². The standard InChI is InChI=1S/C10H11N5O3/c16-9(13-6-4-12-17-5-6)8-14-10(18-15-8)7-2-1-3-11-7/h4-5,7,11H,1-3H2,(H,13,16). The number of anilines is 1. The fourth-order valence-corrected chi connectivity index (χ4v) is 1.82. The summed E-state index contributed by atoms with van der Waals surface area (Å²) in [7, 11) is 0. The van der Waals surface area contributed by atoms with Crippen molar-refractivity contribution in [3.63, 3.8) is 0 Å². The summed E-state index contributed by atoms with van der Waals surface area (Å²) in [6, 6.07) is 0.0506. The highest BCUT2D eigenvalue weighted by molar-refractivity contribution is 6.01. The lowest BCUT2D eigenvalue weighted by atomic mass is 10.2. The Bertz CT molecular complexity index is 529. The van der Waals surface area contributed by atoms with E-state index >= 15 is 0 Å². The maximum atomic E-state index is 11.8. The number of nitrogens with one attached hydrogen (secondary N) is 2. The first-order valence-corrected chi connectivity index (χ1v) is 5.60. The molecule has 1 fully saturated rings. The van der Waals surface area contributed by atoms with Gasteiger partial charge in [-0.2, -0.15) is 4.98 Å². The topological polar surface area (TPSA) is 106 Å². The van der Waals surface area contributed by atoms with Crippen molar-refractivity contribution >= 4 is 11.6 Å². The van der Waals surface area contributed by atoms with E-state index in [1.165, 1.54) is 12.5 Å². The highest BCUT2D eigenvalue weighted by Gasteiger charge is 2.24. The molecule has 0 spiro atoms. The van der Waals surface area contributed by atoms with Gasteiger partial charge in [0.25, 0.3) is 11.7 Å². The summed E-state index contributed by atoms with van der Waals surface area (Å²) in [5.41, 5.74) is 0.449. The van der Waals surface area contributed by atoms with E-state index in [2.05, 4.69) is 30.5 Å². The van der Waals surface area contributed by atoms with Crippen molar-refractivity contribution in [2.75, 3.05) is 11.9 Å². The Balaban J connectivity index is 1.70. The van der Waals surface area contributed by atoms with E-state index in [-0.39, 0.29) is 11.9 Å². The van der Waals surface area contributed by atoms with E-state index in [9.17, 15) is 4.79 Å². The van der Waals surface area contributed by atoms with Crippen LogP contribution in [0.4, 0.5) is 5.69 Å². The molecule has 0 saturated carbocycles. The summed E-state index contributed by atoms with van der Waals surface area (Å²) in [5, 5.41) is 12.9. The molecular formula is C10H11N5O3. The van der Waals surface area contributed by atoms with Gasteiger partial charge in [-0.1, -0.05) is 10.3 Å². The number of carbonyl (C=O) groups is 1. The first-order chi connectivity index (χ1) is 8.83. The van der Waals surface area contributed by atoms with Crippen LogP contribution < -0.4 is 10.6 Å². The van der Waals surface area contributed by atoms with Crippen molar-refractivity contribution in [1.29, 1.82) is 0 Å². The molecule has 18 heavy (non-hydrogen) atoms. The van der Waals surface area contributed by atoms with Gasteiger partial charge in [-0.15, -0.1) is 0 Å². The third-order valence-electron chi connectivity index (χ3n) is 2.69. The van der Waals surface area contributed by atoms with Crippen LogP contribution in [0.15, 0.2) is 21.5 Å². The zero-order valence-corrected chi connectivity index (χ0v) is 9.42. The van der Waals surface area contributed by atoms with E-state index in [0.29, 0.717) is 11.6 Å². The Morgan fingerprint density at radius 1 is 1.56 bits per heavy atom. The zero-order valence-electron chi connectivity index (χ0n) is 9.42. The summed E-state index contributed by atoms with van der Waals surface area (Å²) in [6.07, 6.45) is 4.71. The van der Waals surface area contributed by atoms with Crippen molar-refractivity contribution in [1.82, 2.24) is 20.6 Å². The van der Waals surface area contributed by atoms with E-state index < -0.39 is 5.91 Å². The number of hydrogen-bond donors (Lipinski definition) is 2. The van der Waals surface area contributed by atoms with Gasteiger partial charge in [-0.3, -0.25) is 4.79 Å². The Morgan fingerprint density at radius 2 is 2.50 bits per heavy atom. The number of hydrogen-bond acceptors (Lipinski definition) is 7. The van der Waals surface area contributed by atoms with Crippen molar-refractivity contribution in [3.05, 3.63) is 24.2 Å². The molecule has 1 aliphatic rings. The highest BCUT2D eigenvalue weighted by atomic mass is 16.5. The molecule has 2 N–H and O–H groups in total. The largest absolute Gasteiger partial charge is 0.363 e. The van der Waals surface area contributed by atoms with Crippen LogP contribution in [0.25, 0.3) is 0 Å². The predicted octanol–water partition coefficient (Wildman–Crippen LogP) is 0.734. The second-order valence-corrected chi connectivity index (χ2v) is 3.97. The molecule has 94 valence electrons. The van der Waals surface area contributed by atoms with Crippen LogP contribution in [0.1, 0.15) is 35.4 Å². The number of carbonyl (C=O) groups excluding carboxylic acids is 1. The first kappa shape index (κ1) is 10.9. The van der Waals surface area contributed by atoms with E-state index in [1.54, 1.807) is 0 Å². The second kappa shape index (κ2) is 4.57. The lowest BCUT2D eigenvalue weighted by Gasteiger charge is -2.01. The van der Waals surface area contributed by atoms with E-state index in [0.717, 1.165) is 19.4 Å². The second-order valence-electron chi connectivity index (χ2n) is 3.97. The number of rotatable bonds is 3. The van der Waals surface area contributed by atoms with Crippen molar-refractivity contribution in [2.24, 2.45) is 0 Å². The number of nitrogens with zero attached hydrogens (tertiary/aromatic N) is 3. The molecule has 3 rings (SSSR count). The molecule has 3 heterocycles. The lowest BCUT2D eigenvalue weighted by molar-refractivity contribution is 0.101. The summed E-state index contributed by atoms with van der Waals surface area (Å²) in [5.74, 6) is -0.00549. The minimum absolute atomic E-state index is 0.0000926. The average molecular weight is 249 g/mol. The number of amides is 1. The van der Waals surface area contributed by atoms with Crippen molar-refractivity contribution in [3.8, 4) is 0 Å². The average Bonchev–Trinajstić information content (AvgIpc) is 3.11. The van der Waals surface area contributed by atoms with Crippen LogP contribution in [0.2, 0.25) is 0 Å². The molecule has 2 aromatic heterocycles. The lowest BCUT2D eigenvalue weighted by Crippen LogP contribution is -2.15. The minimum atomic E-state index is -0.453. The SMILES string of the molecule is O=C(Nc1cnoc1)c1noc(C2CCCN2)n1. The molecule has 0 aliphatic carbocycles. The minimum Gasteiger partial charge on any atom is -0.363 e. The normalized spacial score (nSPS) is 19.0. The summed E-state index contributed by atoms with van der Waals surface area (Å²) in [6.45, 7) is 0.926. The molecule has 8 heteroatoms. The van der Waals surface area contributed by atoms with Gasteiger partial charge in [-0.05, 0) is 19.4 Å². The molecule has 0 bridgehead atoms. The van der Waals surface area contributed by atoms with Gasteiger partial charge in [0.2, 0.25) is 5.89 Å². The molecule has 1 saturated heterocycles. The van der Waals surface area contributed by atoms with Gasteiger partial charge in [0, 0.05) is 0 Å². The molecule has 1 unspecified atom stereocenters. The summed E-state index contributed by atoms with van der Waals surface area (Å²) >= 11 is 0. The van der Waals surface area contributed by atoms with Crippen LogP contribution >= 0.6 is 0 Å². The van der Waals surface area contributed by atoms with Gasteiger partial charge >= 0.3 is 0 Å². The van der Waals surface area contributed by atoms with Crippen molar-refractivity contribution < 1.29 is 13.8 Å². The van der Waals surface area contributed by atoms with Gasteiger partial charge < -0.3 is 19.7 Å². The van der Waals surface area contributed by atoms with Crippen molar-refractivity contribution in [2.45, 2.75) is 18.9 Å². The molecule has 2 aromatic rings. The maximum absolute atomic E-state index is 11.8. The summed E-state index contributed by atoms with van der Waals surface area (Å²) in [4.78, 5) is 15.8. The molecule has 0 radical (unpaired) electrons. The molecular weight excluding hydrogens is 238 g/mol. The van der Waals surface area contributed by atoms with Gasteiger partial charge in [0.1, 0.15) is 12.0 Å². The van der Waals surface area contributed by atoms with Crippen LogP contribution in [-0.2, 0) is 0 Å². The maximum Gasteiger partial charge on any atom is 0.297 e. The molecule has 1 amide bonds. The van der Waals surface area contributed by atoms with Crippen LogP contribution in [0.5, 0.6) is 0 Å². The van der Waals surface area contributed by atoms with Crippen LogP contribution in [0, 0.1) is 0 Å². The molecule has 8 nitrogen and oxygen atoms in total. The zero-order chi connectivity index (χ0) is 12.4. The Morgan fingerprint density at radius 3 is 3.22 bits per heavy atom. The Kier molecular flexibility index (Phi) is 2.77. The van der Waals surface area contributed by atoms with Crippen LogP contribution in [0.3, 0.4) is 0 Å². The summed E-state index contributed by atoms with van der Waals surface area (Å²) < 4.78 is 9.66. The van der Waals surface area contributed by atoms with E-state index in [4.69, 9.17) is 4.52 Å². The monoisotopic (exact) mass is 249 g/mol. The molecule has 0 aromatic carbocycles. The van der Waals surface area contributed by atoms with Gasteiger partial charge in [-0.25, -0.2) is 0 Å². The third kappa shape index (κ3) is 2.09. The molecule has 1 atom stereocenters. The third-order valence-corrected chi connectivity index (χ3v) is 2.69. The van der Waals surface area contributed by atoms with Gasteiger partial charge in [0.05, 0.1) is 12.2 Å². The fraction of sp³-hybridized carbons (Fsp3) is 0.400. The quantitative estimate of drug-likeness (QED) is 0.825. The number of aromatic nitrogens is 3. The van der Waals surface area contributed by atoms with Gasteiger partial charge in [0.15, 0.2) is 0 Å².